The number of likely N-dealkylation sites (N-methyl/N-ethyl adjacent to an activating group) is 1. The normalized spacial score (nSPS) is 11.7. The molecule has 23 heavy (non-hydrogen) atoms. The molecule has 1 amide bonds. The molecular weight excluding hydrogens is 314 g/mol. The minimum Gasteiger partial charge on any atom is -0.497 e. The van der Waals surface area contributed by atoms with Crippen molar-refractivity contribution in [1.29, 1.82) is 0 Å². The maximum absolute atomic E-state index is 12.3. The summed E-state index contributed by atoms with van der Waals surface area (Å²) in [5.74, 6) is 0.670. The fourth-order valence-corrected chi connectivity index (χ4v) is 2.36. The van der Waals surface area contributed by atoms with Crippen molar-refractivity contribution in [1.82, 2.24) is 15.6 Å². The summed E-state index contributed by atoms with van der Waals surface area (Å²) in [6.45, 7) is 7.41. The van der Waals surface area contributed by atoms with Crippen LogP contribution in [0.25, 0.3) is 10.9 Å². The summed E-state index contributed by atoms with van der Waals surface area (Å²) in [5.41, 5.74) is 2.16. The van der Waals surface area contributed by atoms with E-state index in [0.29, 0.717) is 17.8 Å². The smallest absolute Gasteiger partial charge is 0.253 e. The standard InChI is InChI=1S/C17H23N3O2.ClH/c1-5-18-11(2)10-19-17(21)15-8-13-6-7-14(22-4)9-16(13)20-12(15)3;/h6-9,11,18H,5,10H2,1-4H3,(H,19,21);1H/t11-;/m1./s1. The Labute approximate surface area is 143 Å². The van der Waals surface area contributed by atoms with Crippen LogP contribution < -0.4 is 15.4 Å². The molecule has 126 valence electrons. The van der Waals surface area contributed by atoms with Crippen molar-refractivity contribution in [3.63, 3.8) is 0 Å². The number of pyridine rings is 1. The van der Waals surface area contributed by atoms with Crippen LogP contribution in [0.2, 0.25) is 0 Å². The van der Waals surface area contributed by atoms with Gasteiger partial charge in [-0.15, -0.1) is 12.4 Å². The number of methoxy groups -OCH3 is 1. The number of halogens is 1. The molecule has 0 aliphatic rings. The van der Waals surface area contributed by atoms with Gasteiger partial charge in [0.2, 0.25) is 0 Å². The largest absolute Gasteiger partial charge is 0.497 e. The van der Waals surface area contributed by atoms with Gasteiger partial charge in [-0.3, -0.25) is 9.78 Å². The molecule has 0 aliphatic carbocycles. The number of carbonyl (C=O) groups excluding carboxylic acids is 1. The molecule has 0 unspecified atom stereocenters. The molecule has 5 nitrogen and oxygen atoms in total. The molecule has 0 bridgehead atoms. The Kier molecular flexibility index (Phi) is 7.26. The van der Waals surface area contributed by atoms with Crippen LogP contribution in [0.3, 0.4) is 0 Å². The third-order valence-electron chi connectivity index (χ3n) is 3.58. The van der Waals surface area contributed by atoms with Gasteiger partial charge in [0.25, 0.3) is 5.91 Å². The van der Waals surface area contributed by atoms with E-state index in [4.69, 9.17) is 4.74 Å². The van der Waals surface area contributed by atoms with E-state index in [1.807, 2.05) is 45.0 Å². The van der Waals surface area contributed by atoms with Gasteiger partial charge in [0.1, 0.15) is 5.75 Å². The van der Waals surface area contributed by atoms with Crippen molar-refractivity contribution >= 4 is 29.2 Å². The Morgan fingerprint density at radius 3 is 2.74 bits per heavy atom. The molecule has 0 spiro atoms. The summed E-state index contributed by atoms with van der Waals surface area (Å²) >= 11 is 0. The van der Waals surface area contributed by atoms with E-state index < -0.39 is 0 Å². The van der Waals surface area contributed by atoms with Crippen molar-refractivity contribution < 1.29 is 9.53 Å². The van der Waals surface area contributed by atoms with Crippen LogP contribution in [0.1, 0.15) is 29.9 Å². The molecule has 1 heterocycles. The fraction of sp³-hybridized carbons (Fsp3) is 0.412. The van der Waals surface area contributed by atoms with Gasteiger partial charge in [-0.2, -0.15) is 0 Å². The van der Waals surface area contributed by atoms with E-state index in [0.717, 1.165) is 23.2 Å². The molecule has 1 atom stereocenters. The Hall–Kier alpha value is -1.85. The van der Waals surface area contributed by atoms with Crippen LogP contribution in [0, 0.1) is 6.92 Å². The van der Waals surface area contributed by atoms with Gasteiger partial charge < -0.3 is 15.4 Å². The lowest BCUT2D eigenvalue weighted by Crippen LogP contribution is -2.39. The van der Waals surface area contributed by atoms with E-state index in [1.54, 1.807) is 7.11 Å². The van der Waals surface area contributed by atoms with Crippen LogP contribution in [-0.4, -0.2) is 37.1 Å². The first-order chi connectivity index (χ1) is 10.5. The highest BCUT2D eigenvalue weighted by Gasteiger charge is 2.12. The zero-order valence-electron chi connectivity index (χ0n) is 14.0. The lowest BCUT2D eigenvalue weighted by Gasteiger charge is -2.14. The Morgan fingerprint density at radius 2 is 2.09 bits per heavy atom. The van der Waals surface area contributed by atoms with Crippen LogP contribution >= 0.6 is 12.4 Å². The van der Waals surface area contributed by atoms with Gasteiger partial charge in [-0.25, -0.2) is 0 Å². The fourth-order valence-electron chi connectivity index (χ4n) is 2.36. The predicted octanol–water partition coefficient (Wildman–Crippen LogP) is 2.70. The molecule has 0 radical (unpaired) electrons. The highest BCUT2D eigenvalue weighted by molar-refractivity contribution is 5.98. The summed E-state index contributed by atoms with van der Waals surface area (Å²) in [5, 5.41) is 7.14. The highest BCUT2D eigenvalue weighted by atomic mass is 35.5. The van der Waals surface area contributed by atoms with Crippen LogP contribution in [0.4, 0.5) is 0 Å². The molecule has 1 aromatic heterocycles. The van der Waals surface area contributed by atoms with Gasteiger partial charge in [0.15, 0.2) is 0 Å². The first-order valence-corrected chi connectivity index (χ1v) is 7.52. The Bertz CT molecular complexity index is 676. The van der Waals surface area contributed by atoms with Crippen LogP contribution in [0.5, 0.6) is 5.75 Å². The molecule has 2 aromatic rings. The number of amides is 1. The number of rotatable bonds is 6. The first-order valence-electron chi connectivity index (χ1n) is 7.52. The third-order valence-corrected chi connectivity index (χ3v) is 3.58. The number of nitrogens with one attached hydrogen (secondary N) is 2. The topological polar surface area (TPSA) is 63.2 Å². The van der Waals surface area contributed by atoms with Gasteiger partial charge in [0, 0.05) is 24.0 Å². The Balaban J connectivity index is 0.00000264. The second-order valence-electron chi connectivity index (χ2n) is 5.35. The number of fused-ring (bicyclic) bond motifs is 1. The molecule has 2 rings (SSSR count). The van der Waals surface area contributed by atoms with Crippen molar-refractivity contribution in [3.05, 3.63) is 35.5 Å². The lowest BCUT2D eigenvalue weighted by molar-refractivity contribution is 0.0949. The number of hydrogen-bond donors (Lipinski definition) is 2. The molecule has 0 aliphatic heterocycles. The van der Waals surface area contributed by atoms with E-state index in [2.05, 4.69) is 15.6 Å². The Morgan fingerprint density at radius 1 is 1.35 bits per heavy atom. The quantitative estimate of drug-likeness (QED) is 0.850. The summed E-state index contributed by atoms with van der Waals surface area (Å²) in [7, 11) is 1.63. The number of benzene rings is 1. The molecule has 0 saturated carbocycles. The third kappa shape index (κ3) is 4.81. The molecule has 6 heteroatoms. The number of aromatic nitrogens is 1. The number of carbonyl (C=O) groups is 1. The van der Waals surface area contributed by atoms with Crippen LogP contribution in [-0.2, 0) is 0 Å². The lowest BCUT2D eigenvalue weighted by atomic mass is 10.1. The average molecular weight is 338 g/mol. The zero-order chi connectivity index (χ0) is 16.1. The molecule has 0 saturated heterocycles. The van der Waals surface area contributed by atoms with Gasteiger partial charge >= 0.3 is 0 Å². The summed E-state index contributed by atoms with van der Waals surface area (Å²) < 4.78 is 5.20. The van der Waals surface area contributed by atoms with Crippen molar-refractivity contribution in [2.75, 3.05) is 20.2 Å². The second kappa shape index (κ2) is 8.70. The number of nitrogens with zero attached hydrogens (tertiary/aromatic N) is 1. The van der Waals surface area contributed by atoms with Gasteiger partial charge in [0.05, 0.1) is 23.9 Å². The highest BCUT2D eigenvalue weighted by Crippen LogP contribution is 2.21. The average Bonchev–Trinajstić information content (AvgIpc) is 2.51. The van der Waals surface area contributed by atoms with Crippen molar-refractivity contribution in [2.45, 2.75) is 26.8 Å². The van der Waals surface area contributed by atoms with Gasteiger partial charge in [-0.1, -0.05) is 6.92 Å². The van der Waals surface area contributed by atoms with E-state index in [9.17, 15) is 4.79 Å². The maximum Gasteiger partial charge on any atom is 0.253 e. The molecule has 1 aromatic carbocycles. The number of ether oxygens (including phenoxy) is 1. The summed E-state index contributed by atoms with van der Waals surface area (Å²) in [6, 6.07) is 7.78. The van der Waals surface area contributed by atoms with E-state index in [-0.39, 0.29) is 24.4 Å². The molecule has 0 fully saturated rings. The van der Waals surface area contributed by atoms with Crippen molar-refractivity contribution in [2.24, 2.45) is 0 Å². The molecular formula is C17H24ClN3O2. The zero-order valence-corrected chi connectivity index (χ0v) is 14.8. The van der Waals surface area contributed by atoms with Gasteiger partial charge in [-0.05, 0) is 38.6 Å². The summed E-state index contributed by atoms with van der Waals surface area (Å²) in [4.78, 5) is 16.8. The number of aryl methyl sites for hydroxylation is 1. The minimum atomic E-state index is -0.0903. The number of hydrogen-bond acceptors (Lipinski definition) is 4. The predicted molar refractivity (Wildman–Crippen MR) is 95.8 cm³/mol. The molecule has 2 N–H and O–H groups in total. The second-order valence-corrected chi connectivity index (χ2v) is 5.35. The minimum absolute atomic E-state index is 0. The van der Waals surface area contributed by atoms with E-state index in [1.165, 1.54) is 0 Å². The summed E-state index contributed by atoms with van der Waals surface area (Å²) in [6.07, 6.45) is 0. The SMILES string of the molecule is CCN[C@H](C)CNC(=O)c1cc2ccc(OC)cc2nc1C.Cl. The maximum atomic E-state index is 12.3. The monoisotopic (exact) mass is 337 g/mol. The van der Waals surface area contributed by atoms with Crippen molar-refractivity contribution in [3.8, 4) is 5.75 Å². The first kappa shape index (κ1) is 19.2. The van der Waals surface area contributed by atoms with Crippen LogP contribution in [0.15, 0.2) is 24.3 Å². The van der Waals surface area contributed by atoms with E-state index >= 15 is 0 Å².